The summed E-state index contributed by atoms with van der Waals surface area (Å²) in [5, 5.41) is 0.397. The molecule has 0 saturated heterocycles. The van der Waals surface area contributed by atoms with Crippen LogP contribution in [0.3, 0.4) is 0 Å². The molecule has 1 N–H and O–H groups in total. The first-order valence-electron chi connectivity index (χ1n) is 7.76. The van der Waals surface area contributed by atoms with E-state index in [2.05, 4.69) is 14.7 Å². The molecule has 138 valence electrons. The molecule has 0 aliphatic heterocycles. The fourth-order valence-corrected chi connectivity index (χ4v) is 2.70. The zero-order valence-corrected chi connectivity index (χ0v) is 15.1. The van der Waals surface area contributed by atoms with Gasteiger partial charge in [0.15, 0.2) is 17.4 Å². The van der Waals surface area contributed by atoms with Crippen LogP contribution in [0, 0.1) is 5.82 Å². The lowest BCUT2D eigenvalue weighted by molar-refractivity contribution is 0.0601. The van der Waals surface area contributed by atoms with Crippen LogP contribution in [0.15, 0.2) is 41.2 Å². The number of benzene rings is 2. The molecule has 0 atom stereocenters. The smallest absolute Gasteiger partial charge is 0.337 e. The first kappa shape index (κ1) is 18.6. The van der Waals surface area contributed by atoms with E-state index in [4.69, 9.17) is 16.3 Å². The van der Waals surface area contributed by atoms with Gasteiger partial charge in [-0.2, -0.15) is 0 Å². The zero-order valence-electron chi connectivity index (χ0n) is 14.4. The predicted octanol–water partition coefficient (Wildman–Crippen LogP) is 3.59. The van der Waals surface area contributed by atoms with Gasteiger partial charge in [0.25, 0.3) is 5.56 Å². The van der Waals surface area contributed by atoms with Crippen LogP contribution in [0.25, 0.3) is 22.0 Å². The molecule has 0 aliphatic carbocycles. The fraction of sp³-hybridized carbons (Fsp3) is 0.105. The summed E-state index contributed by atoms with van der Waals surface area (Å²) in [6.07, 6.45) is 1.46. The number of hydrogen-bond acceptors (Lipinski definition) is 5. The molecular weight excluding hydrogens is 375 g/mol. The summed E-state index contributed by atoms with van der Waals surface area (Å²) in [6.45, 7) is 0. The number of halogens is 2. The van der Waals surface area contributed by atoms with Crippen molar-refractivity contribution in [1.82, 2.24) is 9.97 Å². The number of aromatic amines is 1. The van der Waals surface area contributed by atoms with Gasteiger partial charge in [-0.25, -0.2) is 14.2 Å². The van der Waals surface area contributed by atoms with Crippen molar-refractivity contribution in [2.45, 2.75) is 0 Å². The number of aromatic nitrogens is 2. The molecule has 3 aromatic rings. The van der Waals surface area contributed by atoms with Crippen molar-refractivity contribution >= 4 is 39.6 Å². The second kappa shape index (κ2) is 7.59. The molecule has 0 spiro atoms. The lowest BCUT2D eigenvalue weighted by atomic mass is 10.1. The fourth-order valence-electron chi connectivity index (χ4n) is 2.48. The van der Waals surface area contributed by atoms with E-state index in [0.717, 1.165) is 0 Å². The van der Waals surface area contributed by atoms with Crippen molar-refractivity contribution in [3.63, 3.8) is 0 Å². The van der Waals surface area contributed by atoms with Crippen molar-refractivity contribution in [2.75, 3.05) is 14.2 Å². The van der Waals surface area contributed by atoms with Gasteiger partial charge in [0.05, 0.1) is 35.7 Å². The van der Waals surface area contributed by atoms with Crippen molar-refractivity contribution < 1.29 is 18.7 Å². The highest BCUT2D eigenvalue weighted by molar-refractivity contribution is 6.50. The van der Waals surface area contributed by atoms with Gasteiger partial charge in [-0.15, -0.1) is 0 Å². The minimum absolute atomic E-state index is 0.0902. The normalized spacial score (nSPS) is 11.5. The Bertz CT molecular complexity index is 1120. The number of methoxy groups -OCH3 is 2. The first-order chi connectivity index (χ1) is 12.9. The average molecular weight is 389 g/mol. The van der Waals surface area contributed by atoms with Crippen LogP contribution in [-0.4, -0.2) is 30.2 Å². The predicted molar refractivity (Wildman–Crippen MR) is 100 cm³/mol. The number of nitrogens with zero attached hydrogens (tertiary/aromatic N) is 1. The Morgan fingerprint density at radius 3 is 2.67 bits per heavy atom. The number of H-pyrrole nitrogens is 1. The van der Waals surface area contributed by atoms with Crippen molar-refractivity contribution in [3.8, 4) is 5.75 Å². The molecule has 6 nitrogen and oxygen atoms in total. The van der Waals surface area contributed by atoms with Crippen LogP contribution in [-0.2, 0) is 4.74 Å². The lowest BCUT2D eigenvalue weighted by Gasteiger charge is -2.05. The maximum atomic E-state index is 13.8. The quantitative estimate of drug-likeness (QED) is 0.691. The maximum Gasteiger partial charge on any atom is 0.337 e. The summed E-state index contributed by atoms with van der Waals surface area (Å²) in [6, 6.07) is 8.71. The van der Waals surface area contributed by atoms with Crippen LogP contribution in [0.1, 0.15) is 21.7 Å². The Kier molecular flexibility index (Phi) is 5.23. The number of ether oxygens (including phenoxy) is 2. The molecule has 0 amide bonds. The van der Waals surface area contributed by atoms with E-state index in [1.807, 2.05) is 0 Å². The third-order valence-corrected chi connectivity index (χ3v) is 4.11. The third-order valence-electron chi connectivity index (χ3n) is 3.82. The van der Waals surface area contributed by atoms with E-state index in [1.54, 1.807) is 6.07 Å². The number of esters is 1. The minimum Gasteiger partial charge on any atom is -0.494 e. The van der Waals surface area contributed by atoms with Gasteiger partial charge in [0.1, 0.15) is 0 Å². The number of hydrogen-bond donors (Lipinski definition) is 1. The molecule has 0 radical (unpaired) electrons. The monoisotopic (exact) mass is 388 g/mol. The van der Waals surface area contributed by atoms with E-state index in [-0.39, 0.29) is 27.7 Å². The maximum absolute atomic E-state index is 13.8. The Morgan fingerprint density at radius 2 is 2.00 bits per heavy atom. The van der Waals surface area contributed by atoms with Crippen LogP contribution < -0.4 is 10.3 Å². The molecule has 0 saturated carbocycles. The number of carbonyl (C=O) groups excluding carboxylic acids is 1. The van der Waals surface area contributed by atoms with Crippen LogP contribution in [0.2, 0.25) is 0 Å². The van der Waals surface area contributed by atoms with Gasteiger partial charge in [0.2, 0.25) is 0 Å². The number of nitrogens with one attached hydrogen (secondary N) is 1. The van der Waals surface area contributed by atoms with E-state index in [0.29, 0.717) is 10.9 Å². The first-order valence-corrected chi connectivity index (χ1v) is 8.14. The van der Waals surface area contributed by atoms with E-state index < -0.39 is 17.3 Å². The molecule has 0 aliphatic rings. The SMILES string of the molecule is COC(=O)c1ccc2c(=O)[nH]c(/C(Cl)=C/c3ccc(OC)c(F)c3)nc2c1. The Labute approximate surface area is 158 Å². The van der Waals surface area contributed by atoms with Crippen molar-refractivity contribution in [3.05, 3.63) is 69.5 Å². The third kappa shape index (κ3) is 3.83. The van der Waals surface area contributed by atoms with E-state index >= 15 is 0 Å². The number of rotatable bonds is 4. The summed E-state index contributed by atoms with van der Waals surface area (Å²) >= 11 is 6.25. The van der Waals surface area contributed by atoms with E-state index in [1.165, 1.54) is 50.6 Å². The van der Waals surface area contributed by atoms with Crippen LogP contribution >= 0.6 is 11.6 Å². The molecule has 1 aromatic heterocycles. The largest absolute Gasteiger partial charge is 0.494 e. The summed E-state index contributed by atoms with van der Waals surface area (Å²) in [5.74, 6) is -0.891. The average Bonchev–Trinajstić information content (AvgIpc) is 2.67. The summed E-state index contributed by atoms with van der Waals surface area (Å²) in [7, 11) is 2.63. The molecule has 8 heteroatoms. The van der Waals surface area contributed by atoms with Crippen LogP contribution in [0.5, 0.6) is 5.75 Å². The van der Waals surface area contributed by atoms with Crippen LogP contribution in [0.4, 0.5) is 4.39 Å². The van der Waals surface area contributed by atoms with Gasteiger partial charge in [-0.3, -0.25) is 4.79 Å². The van der Waals surface area contributed by atoms with Gasteiger partial charge in [-0.1, -0.05) is 17.7 Å². The highest BCUT2D eigenvalue weighted by Crippen LogP contribution is 2.23. The zero-order chi connectivity index (χ0) is 19.6. The Balaban J connectivity index is 2.06. The second-order valence-corrected chi connectivity index (χ2v) is 5.93. The molecule has 1 heterocycles. The summed E-state index contributed by atoms with van der Waals surface area (Å²) in [4.78, 5) is 30.8. The standard InChI is InChI=1S/C19H14ClFN2O4/c1-26-16-6-3-10(8-14(16)21)7-13(20)17-22-15-9-11(19(25)27-2)4-5-12(15)18(24)23-17/h3-9H,1-2H3,(H,22,23,24)/b13-7-. The van der Waals surface area contributed by atoms with Gasteiger partial charge >= 0.3 is 5.97 Å². The van der Waals surface area contributed by atoms with Gasteiger partial charge in [0, 0.05) is 0 Å². The second-order valence-electron chi connectivity index (χ2n) is 5.52. The number of fused-ring (bicyclic) bond motifs is 1. The molecule has 2 aromatic carbocycles. The molecule has 0 bridgehead atoms. The van der Waals surface area contributed by atoms with Crippen molar-refractivity contribution in [2.24, 2.45) is 0 Å². The molecule has 0 unspecified atom stereocenters. The topological polar surface area (TPSA) is 81.3 Å². The highest BCUT2D eigenvalue weighted by Gasteiger charge is 2.11. The van der Waals surface area contributed by atoms with Gasteiger partial charge < -0.3 is 14.5 Å². The molecule has 3 rings (SSSR count). The molecule has 0 fully saturated rings. The Hall–Kier alpha value is -3.19. The number of carbonyl (C=O) groups is 1. The highest BCUT2D eigenvalue weighted by atomic mass is 35.5. The molecular formula is C19H14ClFN2O4. The lowest BCUT2D eigenvalue weighted by Crippen LogP contribution is -2.11. The van der Waals surface area contributed by atoms with Crippen molar-refractivity contribution in [1.29, 1.82) is 0 Å². The molecule has 27 heavy (non-hydrogen) atoms. The summed E-state index contributed by atoms with van der Waals surface area (Å²) in [5.41, 5.74) is 0.582. The Morgan fingerprint density at radius 1 is 1.22 bits per heavy atom. The van der Waals surface area contributed by atoms with E-state index in [9.17, 15) is 14.0 Å². The minimum atomic E-state index is -0.545. The summed E-state index contributed by atoms with van der Waals surface area (Å²) < 4.78 is 23.3. The van der Waals surface area contributed by atoms with Gasteiger partial charge in [-0.05, 0) is 42.0 Å².